The van der Waals surface area contributed by atoms with Crippen LogP contribution in [0.1, 0.15) is 51.6 Å². The van der Waals surface area contributed by atoms with Gasteiger partial charge in [0.2, 0.25) is 0 Å². The molecule has 0 bridgehead atoms. The van der Waals surface area contributed by atoms with E-state index in [1.807, 2.05) is 6.07 Å². The van der Waals surface area contributed by atoms with Gasteiger partial charge in [-0.25, -0.2) is 4.98 Å². The van der Waals surface area contributed by atoms with Gasteiger partial charge in [0.05, 0.1) is 11.9 Å². The molecule has 0 aliphatic carbocycles. The standard InChI is InChI=1S/C22H25N3O/c1-21(2,3)16-6-7-20-24-17(14-25(20)13-16)11-22(4,5)19-10-15-8-9-23-12-18(15)26-19/h6-10,12-14H,11H2,1-5H3. The first-order valence-electron chi connectivity index (χ1n) is 9.05. The van der Waals surface area contributed by atoms with Gasteiger partial charge >= 0.3 is 0 Å². The molecule has 0 aromatic carbocycles. The fraction of sp³-hybridized carbons (Fsp3) is 0.364. The number of aromatic nitrogens is 3. The molecule has 0 saturated carbocycles. The Labute approximate surface area is 153 Å². The number of fused-ring (bicyclic) bond motifs is 2. The minimum Gasteiger partial charge on any atom is -0.459 e. The highest BCUT2D eigenvalue weighted by Gasteiger charge is 2.27. The predicted molar refractivity (Wildman–Crippen MR) is 105 cm³/mol. The van der Waals surface area contributed by atoms with Gasteiger partial charge in [0.25, 0.3) is 0 Å². The summed E-state index contributed by atoms with van der Waals surface area (Å²) >= 11 is 0. The van der Waals surface area contributed by atoms with Crippen molar-refractivity contribution in [2.24, 2.45) is 0 Å². The van der Waals surface area contributed by atoms with Crippen molar-refractivity contribution in [2.45, 2.75) is 51.9 Å². The van der Waals surface area contributed by atoms with Crippen LogP contribution in [-0.2, 0) is 17.3 Å². The lowest BCUT2D eigenvalue weighted by Gasteiger charge is -2.20. The van der Waals surface area contributed by atoms with Crippen molar-refractivity contribution in [1.29, 1.82) is 0 Å². The van der Waals surface area contributed by atoms with Crippen LogP contribution in [-0.4, -0.2) is 14.4 Å². The van der Waals surface area contributed by atoms with Crippen LogP contribution in [0.5, 0.6) is 0 Å². The lowest BCUT2D eigenvalue weighted by Crippen LogP contribution is -2.19. The second-order valence-corrected chi connectivity index (χ2v) is 8.75. The van der Waals surface area contributed by atoms with E-state index in [0.717, 1.165) is 34.5 Å². The quantitative estimate of drug-likeness (QED) is 0.505. The molecule has 134 valence electrons. The first kappa shape index (κ1) is 16.8. The van der Waals surface area contributed by atoms with Crippen molar-refractivity contribution in [3.05, 3.63) is 66.1 Å². The average molecular weight is 347 g/mol. The van der Waals surface area contributed by atoms with Gasteiger partial charge in [0.1, 0.15) is 11.4 Å². The summed E-state index contributed by atoms with van der Waals surface area (Å²) in [5, 5.41) is 1.09. The van der Waals surface area contributed by atoms with Crippen LogP contribution >= 0.6 is 0 Å². The maximum Gasteiger partial charge on any atom is 0.152 e. The molecule has 0 N–H and O–H groups in total. The van der Waals surface area contributed by atoms with E-state index >= 15 is 0 Å². The number of rotatable bonds is 3. The molecule has 4 aromatic rings. The molecule has 4 rings (SSSR count). The monoisotopic (exact) mass is 347 g/mol. The molecule has 0 saturated heterocycles. The normalized spacial score (nSPS) is 13.0. The Hall–Kier alpha value is -2.62. The van der Waals surface area contributed by atoms with Gasteiger partial charge in [-0.3, -0.25) is 4.98 Å². The number of hydrogen-bond donors (Lipinski definition) is 0. The molecule has 0 aliphatic heterocycles. The van der Waals surface area contributed by atoms with E-state index < -0.39 is 0 Å². The lowest BCUT2D eigenvalue weighted by molar-refractivity contribution is 0.396. The van der Waals surface area contributed by atoms with Crippen LogP contribution in [0.2, 0.25) is 0 Å². The van der Waals surface area contributed by atoms with Crippen molar-refractivity contribution >= 4 is 16.6 Å². The van der Waals surface area contributed by atoms with E-state index in [4.69, 9.17) is 9.40 Å². The van der Waals surface area contributed by atoms with E-state index in [1.54, 1.807) is 12.4 Å². The third-order valence-corrected chi connectivity index (χ3v) is 4.98. The average Bonchev–Trinajstić information content (AvgIpc) is 3.16. The molecule has 4 nitrogen and oxygen atoms in total. The highest BCUT2D eigenvalue weighted by Crippen LogP contribution is 2.32. The van der Waals surface area contributed by atoms with Crippen LogP contribution in [0.25, 0.3) is 16.6 Å². The van der Waals surface area contributed by atoms with E-state index in [-0.39, 0.29) is 10.8 Å². The van der Waals surface area contributed by atoms with Crippen molar-refractivity contribution in [1.82, 2.24) is 14.4 Å². The molecule has 4 heteroatoms. The number of imidazole rings is 1. The topological polar surface area (TPSA) is 43.3 Å². The van der Waals surface area contributed by atoms with Crippen molar-refractivity contribution in [2.75, 3.05) is 0 Å². The summed E-state index contributed by atoms with van der Waals surface area (Å²) in [5.41, 5.74) is 4.17. The van der Waals surface area contributed by atoms with Gasteiger partial charge in [0, 0.05) is 35.8 Å². The number of furan rings is 1. The van der Waals surface area contributed by atoms with E-state index in [2.05, 4.69) is 74.6 Å². The van der Waals surface area contributed by atoms with Crippen LogP contribution in [0.15, 0.2) is 53.5 Å². The number of nitrogens with zero attached hydrogens (tertiary/aromatic N) is 3. The smallest absolute Gasteiger partial charge is 0.152 e. The van der Waals surface area contributed by atoms with Crippen molar-refractivity contribution in [3.8, 4) is 0 Å². The van der Waals surface area contributed by atoms with Gasteiger partial charge in [-0.2, -0.15) is 0 Å². The first-order chi connectivity index (χ1) is 12.2. The summed E-state index contributed by atoms with van der Waals surface area (Å²) in [6.07, 6.45) is 8.70. The zero-order valence-corrected chi connectivity index (χ0v) is 16.1. The van der Waals surface area contributed by atoms with E-state index in [1.165, 1.54) is 5.56 Å². The third-order valence-electron chi connectivity index (χ3n) is 4.98. The molecule has 4 aromatic heterocycles. The third kappa shape index (κ3) is 3.00. The summed E-state index contributed by atoms with van der Waals surface area (Å²) in [6.45, 7) is 11.1. The largest absolute Gasteiger partial charge is 0.459 e. The van der Waals surface area contributed by atoms with Gasteiger partial charge in [-0.05, 0) is 29.2 Å². The lowest BCUT2D eigenvalue weighted by atomic mass is 9.85. The van der Waals surface area contributed by atoms with Crippen LogP contribution in [0, 0.1) is 0 Å². The second kappa shape index (κ2) is 5.70. The van der Waals surface area contributed by atoms with Gasteiger partial charge in [-0.15, -0.1) is 0 Å². The molecule has 0 atom stereocenters. The second-order valence-electron chi connectivity index (χ2n) is 8.75. The summed E-state index contributed by atoms with van der Waals surface area (Å²) in [6, 6.07) is 8.37. The molecule has 0 amide bonds. The molecule has 26 heavy (non-hydrogen) atoms. The predicted octanol–water partition coefficient (Wildman–Crippen LogP) is 5.29. The van der Waals surface area contributed by atoms with Crippen LogP contribution in [0.3, 0.4) is 0 Å². The molecular weight excluding hydrogens is 322 g/mol. The van der Waals surface area contributed by atoms with E-state index in [9.17, 15) is 0 Å². The summed E-state index contributed by atoms with van der Waals surface area (Å²) < 4.78 is 8.18. The number of pyridine rings is 2. The Morgan fingerprint density at radius 3 is 2.58 bits per heavy atom. The Morgan fingerprint density at radius 1 is 1.04 bits per heavy atom. The molecule has 0 radical (unpaired) electrons. The SMILES string of the molecule is CC(C)(C)c1ccc2nc(CC(C)(C)c3cc4ccncc4o3)cn2c1. The molecule has 0 aliphatic rings. The Kier molecular flexibility index (Phi) is 3.69. The van der Waals surface area contributed by atoms with Crippen LogP contribution in [0.4, 0.5) is 0 Å². The Bertz CT molecular complexity index is 1050. The summed E-state index contributed by atoms with van der Waals surface area (Å²) in [4.78, 5) is 8.95. The molecule has 0 unspecified atom stereocenters. The molecule has 0 fully saturated rings. The minimum absolute atomic E-state index is 0.125. The zero-order chi connectivity index (χ0) is 18.5. The van der Waals surface area contributed by atoms with Crippen LogP contribution < -0.4 is 0 Å². The number of hydrogen-bond acceptors (Lipinski definition) is 3. The fourth-order valence-corrected chi connectivity index (χ4v) is 3.33. The summed E-state index contributed by atoms with van der Waals surface area (Å²) in [7, 11) is 0. The summed E-state index contributed by atoms with van der Waals surface area (Å²) in [5.74, 6) is 0.966. The fourth-order valence-electron chi connectivity index (χ4n) is 3.33. The van der Waals surface area contributed by atoms with Gasteiger partial charge < -0.3 is 8.82 Å². The van der Waals surface area contributed by atoms with Gasteiger partial charge in [0.15, 0.2) is 5.58 Å². The highest BCUT2D eigenvalue weighted by atomic mass is 16.3. The molecular formula is C22H25N3O. The highest BCUT2D eigenvalue weighted by molar-refractivity contribution is 5.76. The van der Waals surface area contributed by atoms with Crippen molar-refractivity contribution < 1.29 is 4.42 Å². The maximum atomic E-state index is 6.05. The van der Waals surface area contributed by atoms with Crippen molar-refractivity contribution in [3.63, 3.8) is 0 Å². The molecule has 0 spiro atoms. The Balaban J connectivity index is 1.66. The maximum absolute atomic E-state index is 6.05. The molecule has 4 heterocycles. The van der Waals surface area contributed by atoms with Gasteiger partial charge in [-0.1, -0.05) is 40.7 Å². The minimum atomic E-state index is -0.149. The van der Waals surface area contributed by atoms with E-state index in [0.29, 0.717) is 0 Å². The first-order valence-corrected chi connectivity index (χ1v) is 9.05. The Morgan fingerprint density at radius 2 is 1.85 bits per heavy atom. The zero-order valence-electron chi connectivity index (χ0n) is 16.1.